The summed E-state index contributed by atoms with van der Waals surface area (Å²) in [5, 5.41) is 1.05. The van der Waals surface area contributed by atoms with E-state index in [0.717, 1.165) is 22.5 Å². The average Bonchev–Trinajstić information content (AvgIpc) is 2.41. The van der Waals surface area contributed by atoms with E-state index in [1.54, 1.807) is 0 Å². The fourth-order valence-corrected chi connectivity index (χ4v) is 2.57. The molecule has 0 amide bonds. The van der Waals surface area contributed by atoms with Crippen molar-refractivity contribution in [2.24, 2.45) is 0 Å². The van der Waals surface area contributed by atoms with E-state index in [2.05, 4.69) is 9.97 Å². The molecule has 3 nitrogen and oxygen atoms in total. The van der Waals surface area contributed by atoms with Crippen LogP contribution in [0, 0.1) is 6.92 Å². The minimum Gasteiger partial charge on any atom is -0.488 e. The van der Waals surface area contributed by atoms with Crippen molar-refractivity contribution in [3.63, 3.8) is 0 Å². The van der Waals surface area contributed by atoms with Crippen LogP contribution in [0.3, 0.4) is 0 Å². The summed E-state index contributed by atoms with van der Waals surface area (Å²) in [5.74, 6) is 1.70. The van der Waals surface area contributed by atoms with Crippen molar-refractivity contribution in [1.82, 2.24) is 9.97 Å². The summed E-state index contributed by atoms with van der Waals surface area (Å²) in [6.07, 6.45) is 8.47. The Balaban J connectivity index is 0.00000133. The second-order valence-corrected chi connectivity index (χ2v) is 4.99. The lowest BCUT2D eigenvalue weighted by Crippen LogP contribution is -2.19. The second kappa shape index (κ2) is 4.92. The van der Waals surface area contributed by atoms with E-state index in [0.29, 0.717) is 6.10 Å². The molecule has 0 atom stereocenters. The van der Waals surface area contributed by atoms with Gasteiger partial charge in [-0.05, 0) is 38.7 Å². The lowest BCUT2D eigenvalue weighted by Gasteiger charge is -2.23. The predicted octanol–water partition coefficient (Wildman–Crippen LogP) is 3.90. The fraction of sp³-hybridized carbons (Fsp3) is 0.467. The first-order chi connectivity index (χ1) is 8.83. The Hall–Kier alpha value is -1.64. The first-order valence-corrected chi connectivity index (χ1v) is 6.72. The Labute approximate surface area is 109 Å². The molecule has 2 aromatic rings. The number of aryl methyl sites for hydroxylation is 1. The van der Waals surface area contributed by atoms with Gasteiger partial charge in [0.1, 0.15) is 17.1 Å². The molecule has 1 heterocycles. The number of hydrogen-bond acceptors (Lipinski definition) is 3. The Kier molecular flexibility index (Phi) is 3.13. The van der Waals surface area contributed by atoms with Gasteiger partial charge >= 0.3 is 0 Å². The van der Waals surface area contributed by atoms with Crippen LogP contribution in [0.15, 0.2) is 24.4 Å². The number of aromatic nitrogens is 2. The van der Waals surface area contributed by atoms with Gasteiger partial charge in [-0.2, -0.15) is 0 Å². The lowest BCUT2D eigenvalue weighted by molar-refractivity contribution is 0.157. The van der Waals surface area contributed by atoms with Crippen LogP contribution in [-0.2, 0) is 0 Å². The number of ether oxygens (including phenoxy) is 1. The first-order valence-electron chi connectivity index (χ1n) is 6.72. The zero-order valence-electron chi connectivity index (χ0n) is 10.7. The molecule has 0 N–H and O–H groups in total. The molecule has 0 radical (unpaired) electrons. The third-order valence-corrected chi connectivity index (χ3v) is 3.54. The number of benzene rings is 1. The highest BCUT2D eigenvalue weighted by atomic mass is 16.5. The van der Waals surface area contributed by atoms with Gasteiger partial charge in [0.25, 0.3) is 0 Å². The minimum absolute atomic E-state index is 0. The standard InChI is InChI=1S/C15H18N2O.H2/c1-11-16-10-12-6-5-9-14(15(12)17-11)18-13-7-3-2-4-8-13;/h5-6,9-10,13H,2-4,7-8H2,1H3;1H. The van der Waals surface area contributed by atoms with Gasteiger partial charge in [-0.3, -0.25) is 0 Å². The van der Waals surface area contributed by atoms with Crippen LogP contribution in [0.1, 0.15) is 39.4 Å². The van der Waals surface area contributed by atoms with Gasteiger partial charge in [-0.15, -0.1) is 0 Å². The summed E-state index contributed by atoms with van der Waals surface area (Å²) < 4.78 is 6.13. The normalized spacial score (nSPS) is 16.9. The maximum Gasteiger partial charge on any atom is 0.146 e. The van der Waals surface area contributed by atoms with Gasteiger partial charge in [0, 0.05) is 13.0 Å². The quantitative estimate of drug-likeness (QED) is 0.803. The SMILES string of the molecule is Cc1ncc2cccc(OC3CCCCC3)c2n1.[HH]. The van der Waals surface area contributed by atoms with E-state index in [4.69, 9.17) is 4.74 Å². The number of hydrogen-bond donors (Lipinski definition) is 0. The van der Waals surface area contributed by atoms with Gasteiger partial charge in [-0.1, -0.05) is 18.6 Å². The van der Waals surface area contributed by atoms with Crippen LogP contribution in [0.5, 0.6) is 5.75 Å². The summed E-state index contributed by atoms with van der Waals surface area (Å²) >= 11 is 0. The molecule has 0 saturated heterocycles. The van der Waals surface area contributed by atoms with Gasteiger partial charge in [0.05, 0.1) is 6.10 Å². The average molecular weight is 244 g/mol. The Morgan fingerprint density at radius 1 is 1.22 bits per heavy atom. The molecular formula is C15H20N2O. The maximum absolute atomic E-state index is 6.13. The van der Waals surface area contributed by atoms with E-state index in [1.807, 2.05) is 31.3 Å². The summed E-state index contributed by atoms with van der Waals surface area (Å²) in [6.45, 7) is 1.91. The largest absolute Gasteiger partial charge is 0.488 e. The van der Waals surface area contributed by atoms with E-state index in [-0.39, 0.29) is 1.43 Å². The molecule has 1 aliphatic rings. The highest BCUT2D eigenvalue weighted by Crippen LogP contribution is 2.28. The smallest absolute Gasteiger partial charge is 0.146 e. The van der Waals surface area contributed by atoms with Crippen molar-refractivity contribution in [3.8, 4) is 5.75 Å². The van der Waals surface area contributed by atoms with Crippen LogP contribution in [0.4, 0.5) is 0 Å². The fourth-order valence-electron chi connectivity index (χ4n) is 2.57. The zero-order chi connectivity index (χ0) is 12.4. The molecule has 0 unspecified atom stereocenters. The molecule has 0 bridgehead atoms. The molecule has 18 heavy (non-hydrogen) atoms. The molecule has 0 spiro atoms. The van der Waals surface area contributed by atoms with Crippen molar-refractivity contribution in [2.75, 3.05) is 0 Å². The Morgan fingerprint density at radius 2 is 2.06 bits per heavy atom. The molecule has 96 valence electrons. The zero-order valence-corrected chi connectivity index (χ0v) is 10.7. The Morgan fingerprint density at radius 3 is 2.89 bits per heavy atom. The number of para-hydroxylation sites is 1. The van der Waals surface area contributed by atoms with Gasteiger partial charge < -0.3 is 4.74 Å². The number of rotatable bonds is 2. The van der Waals surface area contributed by atoms with Crippen molar-refractivity contribution in [1.29, 1.82) is 0 Å². The van der Waals surface area contributed by atoms with E-state index in [9.17, 15) is 0 Å². The number of nitrogens with zero attached hydrogens (tertiary/aromatic N) is 2. The third kappa shape index (κ3) is 2.30. The van der Waals surface area contributed by atoms with E-state index < -0.39 is 0 Å². The van der Waals surface area contributed by atoms with Crippen molar-refractivity contribution in [2.45, 2.75) is 45.1 Å². The molecule has 1 aliphatic carbocycles. The summed E-state index contributed by atoms with van der Waals surface area (Å²) in [7, 11) is 0. The Bertz CT molecular complexity index is 553. The molecule has 3 heteroatoms. The van der Waals surface area contributed by atoms with Crippen LogP contribution >= 0.6 is 0 Å². The minimum atomic E-state index is 0. The van der Waals surface area contributed by atoms with Gasteiger partial charge in [0.2, 0.25) is 0 Å². The van der Waals surface area contributed by atoms with Crippen molar-refractivity contribution in [3.05, 3.63) is 30.2 Å². The van der Waals surface area contributed by atoms with Gasteiger partial charge in [-0.25, -0.2) is 9.97 Å². The molecule has 1 saturated carbocycles. The molecule has 3 rings (SSSR count). The highest BCUT2D eigenvalue weighted by Gasteiger charge is 2.16. The molecule has 1 fully saturated rings. The monoisotopic (exact) mass is 244 g/mol. The van der Waals surface area contributed by atoms with E-state index in [1.165, 1.54) is 32.1 Å². The van der Waals surface area contributed by atoms with Crippen molar-refractivity contribution < 1.29 is 6.16 Å². The maximum atomic E-state index is 6.13. The van der Waals surface area contributed by atoms with Gasteiger partial charge in [0.15, 0.2) is 0 Å². The molecule has 1 aromatic carbocycles. The molecule has 0 aliphatic heterocycles. The molecule has 1 aromatic heterocycles. The van der Waals surface area contributed by atoms with Crippen LogP contribution in [-0.4, -0.2) is 16.1 Å². The third-order valence-electron chi connectivity index (χ3n) is 3.54. The van der Waals surface area contributed by atoms with Crippen LogP contribution in [0.25, 0.3) is 10.9 Å². The van der Waals surface area contributed by atoms with Crippen LogP contribution < -0.4 is 4.74 Å². The molecular weight excluding hydrogens is 224 g/mol. The van der Waals surface area contributed by atoms with Crippen LogP contribution in [0.2, 0.25) is 0 Å². The summed E-state index contributed by atoms with van der Waals surface area (Å²) in [4.78, 5) is 8.73. The lowest BCUT2D eigenvalue weighted by atomic mass is 9.98. The highest BCUT2D eigenvalue weighted by molar-refractivity contribution is 5.83. The first kappa shape index (κ1) is 11.5. The summed E-state index contributed by atoms with van der Waals surface area (Å²) in [5.41, 5.74) is 0.940. The van der Waals surface area contributed by atoms with E-state index >= 15 is 0 Å². The topological polar surface area (TPSA) is 35.0 Å². The predicted molar refractivity (Wildman–Crippen MR) is 73.9 cm³/mol. The second-order valence-electron chi connectivity index (χ2n) is 4.99. The number of fused-ring (bicyclic) bond motifs is 1. The summed E-state index contributed by atoms with van der Waals surface area (Å²) in [6, 6.07) is 6.06. The van der Waals surface area contributed by atoms with Crippen molar-refractivity contribution >= 4 is 10.9 Å².